The van der Waals surface area contributed by atoms with Crippen LogP contribution in [0.2, 0.25) is 0 Å². The van der Waals surface area contributed by atoms with E-state index in [1.165, 1.54) is 4.90 Å². The first-order valence-corrected chi connectivity index (χ1v) is 10.6. The van der Waals surface area contributed by atoms with E-state index in [2.05, 4.69) is 15.7 Å². The maximum atomic E-state index is 13.0. The standard InChI is InChI=1S/C24H27N3O4/c1-2-15-31-17-19(28)16-26-11-9-25(10-12-26)13-14-27-23(29)20-7-3-5-18-6-4-8-21(22(18)20)24(27)30/h1,3-8,19,28H,9-17H2. The topological polar surface area (TPSA) is 73.3 Å². The van der Waals surface area contributed by atoms with Gasteiger partial charge in [0.25, 0.3) is 11.8 Å². The fourth-order valence-corrected chi connectivity index (χ4v) is 4.33. The normalized spacial score (nSPS) is 18.4. The van der Waals surface area contributed by atoms with E-state index < -0.39 is 6.10 Å². The summed E-state index contributed by atoms with van der Waals surface area (Å²) in [7, 11) is 0. The molecule has 0 radical (unpaired) electrons. The monoisotopic (exact) mass is 421 g/mol. The molecule has 1 saturated heterocycles. The summed E-state index contributed by atoms with van der Waals surface area (Å²) in [6.45, 7) is 5.26. The van der Waals surface area contributed by atoms with Crippen LogP contribution in [0.15, 0.2) is 36.4 Å². The molecule has 0 aromatic heterocycles. The zero-order chi connectivity index (χ0) is 21.8. The summed E-state index contributed by atoms with van der Waals surface area (Å²) < 4.78 is 5.19. The summed E-state index contributed by atoms with van der Waals surface area (Å²) in [5.41, 5.74) is 1.19. The first-order chi connectivity index (χ1) is 15.1. The molecule has 0 bridgehead atoms. The Balaban J connectivity index is 1.30. The van der Waals surface area contributed by atoms with Crippen molar-refractivity contribution < 1.29 is 19.4 Å². The van der Waals surface area contributed by atoms with Crippen molar-refractivity contribution in [3.8, 4) is 12.3 Å². The SMILES string of the molecule is C#CCOCC(O)CN1CCN(CCN2C(=O)c3cccc4cccc(c34)C2=O)CC1. The van der Waals surface area contributed by atoms with Gasteiger partial charge in [-0.15, -0.1) is 6.42 Å². The highest BCUT2D eigenvalue weighted by atomic mass is 16.5. The second-order valence-corrected chi connectivity index (χ2v) is 7.99. The molecule has 162 valence electrons. The third-order valence-electron chi connectivity index (χ3n) is 5.93. The molecule has 2 amide bonds. The zero-order valence-electron chi connectivity index (χ0n) is 17.5. The fourth-order valence-electron chi connectivity index (χ4n) is 4.33. The van der Waals surface area contributed by atoms with Crippen molar-refractivity contribution in [1.29, 1.82) is 0 Å². The van der Waals surface area contributed by atoms with E-state index in [1.54, 1.807) is 12.1 Å². The van der Waals surface area contributed by atoms with E-state index in [9.17, 15) is 14.7 Å². The lowest BCUT2D eigenvalue weighted by Crippen LogP contribution is -2.51. The van der Waals surface area contributed by atoms with Crippen LogP contribution in [-0.4, -0.2) is 96.8 Å². The molecule has 1 fully saturated rings. The summed E-state index contributed by atoms with van der Waals surface area (Å²) in [4.78, 5) is 31.8. The number of piperazine rings is 1. The van der Waals surface area contributed by atoms with Crippen molar-refractivity contribution in [2.75, 3.05) is 59.0 Å². The number of hydrogen-bond acceptors (Lipinski definition) is 6. The van der Waals surface area contributed by atoms with Gasteiger partial charge in [0.15, 0.2) is 0 Å². The first-order valence-electron chi connectivity index (χ1n) is 10.6. The molecule has 7 nitrogen and oxygen atoms in total. The van der Waals surface area contributed by atoms with E-state index in [4.69, 9.17) is 11.2 Å². The Labute approximate surface area is 182 Å². The Hall–Kier alpha value is -2.76. The Kier molecular flexibility index (Phi) is 6.64. The van der Waals surface area contributed by atoms with Crippen LogP contribution in [0.1, 0.15) is 20.7 Å². The van der Waals surface area contributed by atoms with Gasteiger partial charge in [0.1, 0.15) is 6.61 Å². The number of aliphatic hydroxyl groups excluding tert-OH is 1. The number of hydrogen-bond donors (Lipinski definition) is 1. The number of imide groups is 1. The average molecular weight is 421 g/mol. The quantitative estimate of drug-likeness (QED) is 0.391. The van der Waals surface area contributed by atoms with Crippen molar-refractivity contribution in [2.45, 2.75) is 6.10 Å². The van der Waals surface area contributed by atoms with Crippen LogP contribution in [0, 0.1) is 12.3 Å². The summed E-state index contributed by atoms with van der Waals surface area (Å²) in [5.74, 6) is 1.95. The van der Waals surface area contributed by atoms with Crippen LogP contribution >= 0.6 is 0 Å². The zero-order valence-corrected chi connectivity index (χ0v) is 17.5. The fraction of sp³-hybridized carbons (Fsp3) is 0.417. The Morgan fingerprint density at radius 3 is 2.19 bits per heavy atom. The molecule has 31 heavy (non-hydrogen) atoms. The molecule has 2 aromatic rings. The van der Waals surface area contributed by atoms with Crippen molar-refractivity contribution in [3.05, 3.63) is 47.5 Å². The molecule has 0 saturated carbocycles. The maximum Gasteiger partial charge on any atom is 0.261 e. The minimum atomic E-state index is -0.564. The lowest BCUT2D eigenvalue weighted by atomic mass is 9.94. The smallest absolute Gasteiger partial charge is 0.261 e. The number of nitrogens with zero attached hydrogens (tertiary/aromatic N) is 3. The van der Waals surface area contributed by atoms with Gasteiger partial charge >= 0.3 is 0 Å². The highest BCUT2D eigenvalue weighted by molar-refractivity contribution is 6.25. The van der Waals surface area contributed by atoms with Gasteiger partial charge < -0.3 is 9.84 Å². The molecule has 2 heterocycles. The van der Waals surface area contributed by atoms with Crippen LogP contribution in [0.3, 0.4) is 0 Å². The predicted molar refractivity (Wildman–Crippen MR) is 118 cm³/mol. The predicted octanol–water partition coefficient (Wildman–Crippen LogP) is 1.06. The summed E-state index contributed by atoms with van der Waals surface area (Å²) in [5, 5.41) is 11.7. The molecular formula is C24H27N3O4. The number of terminal acetylenes is 1. The van der Waals surface area contributed by atoms with Gasteiger partial charge in [-0.2, -0.15) is 0 Å². The summed E-state index contributed by atoms with van der Waals surface area (Å²) in [6.07, 6.45) is 4.57. The lowest BCUT2D eigenvalue weighted by molar-refractivity contribution is 0.0153. The molecule has 0 aliphatic carbocycles. The molecule has 2 aromatic carbocycles. The molecule has 2 aliphatic rings. The second-order valence-electron chi connectivity index (χ2n) is 7.99. The number of rotatable bonds is 8. The Bertz CT molecular complexity index is 957. The summed E-state index contributed by atoms with van der Waals surface area (Å²) in [6, 6.07) is 11.2. The molecule has 0 spiro atoms. The van der Waals surface area contributed by atoms with Crippen molar-refractivity contribution >= 4 is 22.6 Å². The second kappa shape index (κ2) is 9.58. The molecule has 1 unspecified atom stereocenters. The molecule has 7 heteroatoms. The van der Waals surface area contributed by atoms with Gasteiger partial charge in [-0.3, -0.25) is 24.3 Å². The van der Waals surface area contributed by atoms with Gasteiger partial charge in [0.05, 0.1) is 12.7 Å². The molecule has 1 atom stereocenters. The number of carbonyl (C=O) groups excluding carboxylic acids is 2. The van der Waals surface area contributed by atoms with Crippen LogP contribution < -0.4 is 0 Å². The van der Waals surface area contributed by atoms with Gasteiger partial charge in [-0.05, 0) is 17.5 Å². The minimum absolute atomic E-state index is 0.206. The van der Waals surface area contributed by atoms with Crippen LogP contribution in [0.25, 0.3) is 10.8 Å². The van der Waals surface area contributed by atoms with Gasteiger partial charge in [0.2, 0.25) is 0 Å². The van der Waals surface area contributed by atoms with Crippen molar-refractivity contribution in [1.82, 2.24) is 14.7 Å². The van der Waals surface area contributed by atoms with E-state index in [0.717, 1.165) is 37.0 Å². The van der Waals surface area contributed by atoms with Crippen molar-refractivity contribution in [3.63, 3.8) is 0 Å². The number of β-amino-alcohol motifs (C(OH)–C–C–N with tert-alkyl or cyclic N) is 1. The van der Waals surface area contributed by atoms with E-state index >= 15 is 0 Å². The number of ether oxygens (including phenoxy) is 1. The third-order valence-corrected chi connectivity index (χ3v) is 5.93. The van der Waals surface area contributed by atoms with E-state index in [-0.39, 0.29) is 25.0 Å². The number of amides is 2. The molecule has 1 N–H and O–H groups in total. The first kappa shape index (κ1) is 21.5. The number of benzene rings is 2. The van der Waals surface area contributed by atoms with Crippen LogP contribution in [0.5, 0.6) is 0 Å². The average Bonchev–Trinajstić information content (AvgIpc) is 2.78. The Morgan fingerprint density at radius 1 is 0.968 bits per heavy atom. The molecule has 2 aliphatic heterocycles. The van der Waals surface area contributed by atoms with Crippen molar-refractivity contribution in [2.24, 2.45) is 0 Å². The Morgan fingerprint density at radius 2 is 1.58 bits per heavy atom. The lowest BCUT2D eigenvalue weighted by Gasteiger charge is -2.36. The van der Waals surface area contributed by atoms with Gasteiger partial charge in [0, 0.05) is 62.3 Å². The van der Waals surface area contributed by atoms with Crippen LogP contribution in [-0.2, 0) is 4.74 Å². The largest absolute Gasteiger partial charge is 0.389 e. The van der Waals surface area contributed by atoms with Gasteiger partial charge in [-0.25, -0.2) is 0 Å². The maximum absolute atomic E-state index is 13.0. The number of aliphatic hydroxyl groups is 1. The van der Waals surface area contributed by atoms with Gasteiger partial charge in [-0.1, -0.05) is 30.2 Å². The van der Waals surface area contributed by atoms with E-state index in [0.29, 0.717) is 30.8 Å². The third kappa shape index (κ3) is 4.63. The summed E-state index contributed by atoms with van der Waals surface area (Å²) >= 11 is 0. The highest BCUT2D eigenvalue weighted by Gasteiger charge is 2.32. The molecular weight excluding hydrogens is 394 g/mol. The number of carbonyl (C=O) groups is 2. The van der Waals surface area contributed by atoms with E-state index in [1.807, 2.05) is 24.3 Å². The van der Waals surface area contributed by atoms with Crippen LogP contribution in [0.4, 0.5) is 0 Å². The molecule has 4 rings (SSSR count). The minimum Gasteiger partial charge on any atom is -0.389 e. The highest BCUT2D eigenvalue weighted by Crippen LogP contribution is 2.29.